The molecule has 0 radical (unpaired) electrons. The molecule has 0 bridgehead atoms. The molecule has 0 aromatic heterocycles. The molecule has 238 valence electrons. The van der Waals surface area contributed by atoms with Crippen LogP contribution in [0.25, 0.3) is 33.4 Å². The Hall–Kier alpha value is -5.09. The van der Waals surface area contributed by atoms with Crippen LogP contribution in [0.2, 0.25) is 0 Å². The number of halogens is 3. The van der Waals surface area contributed by atoms with Crippen molar-refractivity contribution in [1.29, 1.82) is 0 Å². The maximum Gasteiger partial charge on any atom is 0.402 e. The standard InChI is InChI=1S/C44H36F3N/c1-27-15-21-35-38(23-27)43(5,44(45,46)47)39-24-28(2)25-40(41(35)39)48(31-18-16-30(17-19-31)29-11-7-6-8-12-29)32-20-22-34-33-13-9-10-14-36(33)42(3,4)37(34)26-32/h6-26H,1-5H3. The maximum absolute atomic E-state index is 15.3. The van der Waals surface area contributed by atoms with Crippen LogP contribution in [0.15, 0.2) is 127 Å². The van der Waals surface area contributed by atoms with E-state index in [0.29, 0.717) is 22.3 Å². The first-order valence-electron chi connectivity index (χ1n) is 16.4. The van der Waals surface area contributed by atoms with Crippen molar-refractivity contribution in [1.82, 2.24) is 0 Å². The van der Waals surface area contributed by atoms with E-state index in [1.807, 2.05) is 50.2 Å². The van der Waals surface area contributed by atoms with Gasteiger partial charge in [-0.25, -0.2) is 0 Å². The Balaban J connectivity index is 1.40. The highest BCUT2D eigenvalue weighted by Gasteiger charge is 2.58. The molecule has 1 nitrogen and oxygen atoms in total. The Labute approximate surface area is 280 Å². The molecule has 2 aliphatic carbocycles. The number of fused-ring (bicyclic) bond motifs is 6. The molecule has 0 saturated heterocycles. The Morgan fingerprint density at radius 3 is 1.83 bits per heavy atom. The van der Waals surface area contributed by atoms with E-state index in [9.17, 15) is 0 Å². The molecule has 6 aromatic carbocycles. The van der Waals surface area contributed by atoms with Gasteiger partial charge in [-0.1, -0.05) is 116 Å². The van der Waals surface area contributed by atoms with Crippen molar-refractivity contribution in [3.63, 3.8) is 0 Å². The largest absolute Gasteiger partial charge is 0.402 e. The minimum Gasteiger partial charge on any atom is -0.310 e. The van der Waals surface area contributed by atoms with Gasteiger partial charge in [-0.05, 0) is 107 Å². The monoisotopic (exact) mass is 635 g/mol. The van der Waals surface area contributed by atoms with Crippen molar-refractivity contribution in [2.75, 3.05) is 4.90 Å². The number of anilines is 3. The fraction of sp³-hybridized carbons (Fsp3) is 0.182. The summed E-state index contributed by atoms with van der Waals surface area (Å²) in [6, 6.07) is 42.9. The summed E-state index contributed by atoms with van der Waals surface area (Å²) in [5.74, 6) is 0. The van der Waals surface area contributed by atoms with E-state index in [0.717, 1.165) is 39.3 Å². The number of hydrogen-bond acceptors (Lipinski definition) is 1. The summed E-state index contributed by atoms with van der Waals surface area (Å²) in [7, 11) is 0. The Morgan fingerprint density at radius 2 is 1.10 bits per heavy atom. The van der Waals surface area contributed by atoms with Crippen LogP contribution in [0.3, 0.4) is 0 Å². The molecule has 1 unspecified atom stereocenters. The smallest absolute Gasteiger partial charge is 0.310 e. The topological polar surface area (TPSA) is 3.24 Å². The third-order valence-electron chi connectivity index (χ3n) is 10.6. The fourth-order valence-corrected chi connectivity index (χ4v) is 8.05. The van der Waals surface area contributed by atoms with Gasteiger partial charge in [-0.2, -0.15) is 13.2 Å². The van der Waals surface area contributed by atoms with E-state index in [1.165, 1.54) is 29.2 Å². The molecule has 8 rings (SSSR count). The average molecular weight is 636 g/mol. The van der Waals surface area contributed by atoms with Crippen LogP contribution in [-0.4, -0.2) is 6.18 Å². The Morgan fingerprint density at radius 1 is 0.500 bits per heavy atom. The van der Waals surface area contributed by atoms with Gasteiger partial charge in [0, 0.05) is 22.4 Å². The molecule has 2 aliphatic rings. The molecule has 0 aliphatic heterocycles. The van der Waals surface area contributed by atoms with E-state index in [2.05, 4.69) is 97.6 Å². The van der Waals surface area contributed by atoms with E-state index < -0.39 is 11.6 Å². The third-order valence-corrected chi connectivity index (χ3v) is 10.6. The Kier molecular flexibility index (Phi) is 6.59. The van der Waals surface area contributed by atoms with Crippen molar-refractivity contribution < 1.29 is 13.2 Å². The lowest BCUT2D eigenvalue weighted by molar-refractivity contribution is -0.172. The molecule has 0 fully saturated rings. The molecule has 1 atom stereocenters. The first-order valence-corrected chi connectivity index (χ1v) is 16.4. The van der Waals surface area contributed by atoms with Gasteiger partial charge in [-0.15, -0.1) is 0 Å². The highest BCUT2D eigenvalue weighted by atomic mass is 19.4. The van der Waals surface area contributed by atoms with Crippen LogP contribution in [0.1, 0.15) is 54.2 Å². The zero-order valence-electron chi connectivity index (χ0n) is 27.7. The van der Waals surface area contributed by atoms with Crippen molar-refractivity contribution in [2.24, 2.45) is 0 Å². The zero-order chi connectivity index (χ0) is 33.6. The molecular weight excluding hydrogens is 599 g/mol. The minimum absolute atomic E-state index is 0.238. The van der Waals surface area contributed by atoms with Crippen LogP contribution in [0.5, 0.6) is 0 Å². The molecule has 0 heterocycles. The van der Waals surface area contributed by atoms with Crippen molar-refractivity contribution in [2.45, 2.75) is 51.6 Å². The summed E-state index contributed by atoms with van der Waals surface area (Å²) in [6.07, 6.45) is -4.49. The molecular formula is C44H36F3N. The SMILES string of the molecule is Cc1ccc2c(c1)C(C)(C(F)(F)F)c1cc(C)cc(N(c3ccc(-c4ccccc4)cc3)c3ccc4c(c3)C(C)(C)c3ccccc3-4)c1-2. The summed E-state index contributed by atoms with van der Waals surface area (Å²) in [4.78, 5) is 2.16. The van der Waals surface area contributed by atoms with Gasteiger partial charge in [0.05, 0.1) is 5.69 Å². The molecule has 0 amide bonds. The average Bonchev–Trinajstić information content (AvgIpc) is 3.46. The highest BCUT2D eigenvalue weighted by Crippen LogP contribution is 2.60. The summed E-state index contributed by atoms with van der Waals surface area (Å²) in [6.45, 7) is 9.59. The minimum atomic E-state index is -4.49. The van der Waals surface area contributed by atoms with Crippen LogP contribution in [-0.2, 0) is 10.8 Å². The highest BCUT2D eigenvalue weighted by molar-refractivity contribution is 5.96. The fourth-order valence-electron chi connectivity index (χ4n) is 8.05. The van der Waals surface area contributed by atoms with Gasteiger partial charge in [-0.3, -0.25) is 0 Å². The van der Waals surface area contributed by atoms with E-state index in [-0.39, 0.29) is 5.41 Å². The third kappa shape index (κ3) is 4.31. The van der Waals surface area contributed by atoms with Crippen LogP contribution >= 0.6 is 0 Å². The Bertz CT molecular complexity index is 2230. The molecule has 0 saturated carbocycles. The number of benzene rings is 6. The van der Waals surface area contributed by atoms with E-state index in [4.69, 9.17) is 0 Å². The lowest BCUT2D eigenvalue weighted by Gasteiger charge is -2.32. The predicted octanol–water partition coefficient (Wildman–Crippen LogP) is 12.6. The number of hydrogen-bond donors (Lipinski definition) is 0. The van der Waals surface area contributed by atoms with Crippen molar-refractivity contribution >= 4 is 17.1 Å². The van der Waals surface area contributed by atoms with Crippen molar-refractivity contribution in [3.8, 4) is 33.4 Å². The molecule has 6 aromatic rings. The lowest BCUT2D eigenvalue weighted by Crippen LogP contribution is -2.39. The van der Waals surface area contributed by atoms with E-state index in [1.54, 1.807) is 12.1 Å². The van der Waals surface area contributed by atoms with Gasteiger partial charge in [0.2, 0.25) is 0 Å². The lowest BCUT2D eigenvalue weighted by atomic mass is 9.78. The molecule has 48 heavy (non-hydrogen) atoms. The second kappa shape index (κ2) is 10.5. The molecule has 4 heteroatoms. The van der Waals surface area contributed by atoms with Gasteiger partial charge in [0.25, 0.3) is 0 Å². The molecule has 0 N–H and O–H groups in total. The number of aryl methyl sites for hydroxylation is 2. The van der Waals surface area contributed by atoms with Crippen LogP contribution in [0, 0.1) is 13.8 Å². The van der Waals surface area contributed by atoms with Gasteiger partial charge < -0.3 is 4.90 Å². The predicted molar refractivity (Wildman–Crippen MR) is 192 cm³/mol. The van der Waals surface area contributed by atoms with Crippen molar-refractivity contribution in [3.05, 3.63) is 161 Å². The maximum atomic E-state index is 15.3. The molecule has 0 spiro atoms. The zero-order valence-corrected chi connectivity index (χ0v) is 27.7. The number of rotatable bonds is 4. The van der Waals surface area contributed by atoms with Gasteiger partial charge in [0.15, 0.2) is 0 Å². The quantitative estimate of drug-likeness (QED) is 0.186. The number of alkyl halides is 3. The summed E-state index contributed by atoms with van der Waals surface area (Å²) >= 11 is 0. The second-order valence-electron chi connectivity index (χ2n) is 14.0. The van der Waals surface area contributed by atoms with E-state index >= 15 is 13.2 Å². The summed E-state index contributed by atoms with van der Waals surface area (Å²) < 4.78 is 45.9. The summed E-state index contributed by atoms with van der Waals surface area (Å²) in [5, 5.41) is 0. The second-order valence-corrected chi connectivity index (χ2v) is 14.0. The first-order chi connectivity index (χ1) is 22.9. The number of nitrogens with zero attached hydrogens (tertiary/aromatic N) is 1. The van der Waals surface area contributed by atoms with Crippen LogP contribution < -0.4 is 4.90 Å². The summed E-state index contributed by atoms with van der Waals surface area (Å²) in [5.41, 5.74) is 10.7. The van der Waals surface area contributed by atoms with Gasteiger partial charge >= 0.3 is 6.18 Å². The first kappa shape index (κ1) is 30.3. The normalized spacial score (nSPS) is 17.0. The van der Waals surface area contributed by atoms with Crippen LogP contribution in [0.4, 0.5) is 30.2 Å². The van der Waals surface area contributed by atoms with Gasteiger partial charge in [0.1, 0.15) is 5.41 Å².